The minimum Gasteiger partial charge on any atom is -0.496 e. The first kappa shape index (κ1) is 38.8. The molecule has 2 amide bonds. The number of carbonyl (C=O) groups is 2. The number of fused-ring (bicyclic) bond motifs is 1. The molecule has 12 nitrogen and oxygen atoms in total. The number of para-hydroxylation sites is 1. The molecule has 3 aliphatic rings. The van der Waals surface area contributed by atoms with Gasteiger partial charge in [-0.2, -0.15) is 5.06 Å². The van der Waals surface area contributed by atoms with Gasteiger partial charge in [0.25, 0.3) is 5.91 Å². The third-order valence-electron chi connectivity index (χ3n) is 10.7. The summed E-state index contributed by atoms with van der Waals surface area (Å²) in [5, 5.41) is 29.2. The minimum absolute atomic E-state index is 0.00807. The molecule has 4 N–H and O–H groups in total. The number of rotatable bonds is 14. The van der Waals surface area contributed by atoms with Crippen LogP contribution in [0.1, 0.15) is 76.2 Å². The average molecular weight is 711 g/mol. The summed E-state index contributed by atoms with van der Waals surface area (Å²) in [7, 11) is 5.56. The number of aliphatic hydroxyl groups excluding tert-OH is 2. The van der Waals surface area contributed by atoms with Gasteiger partial charge in [0, 0.05) is 35.7 Å². The highest BCUT2D eigenvalue weighted by Crippen LogP contribution is 2.44. The lowest BCUT2D eigenvalue weighted by Crippen LogP contribution is -2.53. The molecule has 0 aromatic heterocycles. The van der Waals surface area contributed by atoms with E-state index in [1.54, 1.807) is 25.2 Å². The molecule has 0 spiro atoms. The normalized spacial score (nSPS) is 26.0. The number of hydrogen-bond donors (Lipinski definition) is 4. The molecule has 12 heteroatoms. The van der Waals surface area contributed by atoms with Gasteiger partial charge in [0.05, 0.1) is 31.9 Å². The van der Waals surface area contributed by atoms with Gasteiger partial charge in [0.15, 0.2) is 11.5 Å². The molecule has 2 heterocycles. The summed E-state index contributed by atoms with van der Waals surface area (Å²) in [6.07, 6.45) is 2.22. The molecule has 0 bridgehead atoms. The summed E-state index contributed by atoms with van der Waals surface area (Å²) < 4.78 is 17.6. The standard InChI is InChI=1S/C39H58N4O8/c1-22(2)15-28(19-42(6)7)40-38(46)30-16-27(17-32-37(30)50-21-49-32)29-13-10-12-26(36(29)48-8)18-43-35(34(25(5)45)33(20-44)51-43)39(47)41-31-14-9-11-23(3)24(31)4/h10,12-13,16-17,22-25,28,31,33-35,44-45H,9,11,14-15,18-21H2,1-8H3,(H,40,46)(H,41,47)/t23-,24+,25+,28+,31+,33+,34-,35+/m1/s1. The van der Waals surface area contributed by atoms with E-state index in [0.717, 1.165) is 31.2 Å². The van der Waals surface area contributed by atoms with Crippen molar-refractivity contribution in [2.75, 3.05) is 41.1 Å². The second-order valence-corrected chi connectivity index (χ2v) is 15.4. The van der Waals surface area contributed by atoms with Crippen molar-refractivity contribution < 1.29 is 38.9 Å². The van der Waals surface area contributed by atoms with Crippen LogP contribution < -0.4 is 24.8 Å². The average Bonchev–Trinajstić information content (AvgIpc) is 3.70. The summed E-state index contributed by atoms with van der Waals surface area (Å²) in [4.78, 5) is 36.2. The molecule has 0 radical (unpaired) electrons. The van der Waals surface area contributed by atoms with Gasteiger partial charge in [0.1, 0.15) is 17.9 Å². The molecule has 1 saturated heterocycles. The summed E-state index contributed by atoms with van der Waals surface area (Å²) in [5.41, 5.74) is 2.51. The number of amides is 2. The highest BCUT2D eigenvalue weighted by Gasteiger charge is 2.50. The minimum atomic E-state index is -0.908. The number of carbonyl (C=O) groups excluding carboxylic acids is 2. The fourth-order valence-corrected chi connectivity index (χ4v) is 8.06. The van der Waals surface area contributed by atoms with Crippen LogP contribution >= 0.6 is 0 Å². The molecule has 1 aliphatic carbocycles. The van der Waals surface area contributed by atoms with Gasteiger partial charge in [-0.1, -0.05) is 58.7 Å². The summed E-state index contributed by atoms with van der Waals surface area (Å²) >= 11 is 0. The van der Waals surface area contributed by atoms with Crippen LogP contribution in [0, 0.1) is 23.7 Å². The topological polar surface area (TPSA) is 142 Å². The van der Waals surface area contributed by atoms with Crippen LogP contribution in [0.2, 0.25) is 0 Å². The summed E-state index contributed by atoms with van der Waals surface area (Å²) in [5.74, 6) is 1.48. The van der Waals surface area contributed by atoms with Gasteiger partial charge in [0.2, 0.25) is 12.7 Å². The third-order valence-corrected chi connectivity index (χ3v) is 10.7. The molecule has 0 unspecified atom stereocenters. The van der Waals surface area contributed by atoms with Gasteiger partial charge in [-0.25, -0.2) is 0 Å². The zero-order chi connectivity index (χ0) is 37.0. The van der Waals surface area contributed by atoms with Gasteiger partial charge < -0.3 is 40.0 Å². The number of hydrogen-bond acceptors (Lipinski definition) is 10. The van der Waals surface area contributed by atoms with Crippen molar-refractivity contribution in [3.05, 3.63) is 41.5 Å². The van der Waals surface area contributed by atoms with Crippen LogP contribution in [0.5, 0.6) is 17.2 Å². The van der Waals surface area contributed by atoms with Gasteiger partial charge in [-0.3, -0.25) is 14.4 Å². The molecule has 282 valence electrons. The Morgan fingerprint density at radius 2 is 1.88 bits per heavy atom. The first-order valence-corrected chi connectivity index (χ1v) is 18.4. The number of methoxy groups -OCH3 is 1. The Kier molecular flexibility index (Phi) is 12.9. The van der Waals surface area contributed by atoms with Crippen molar-refractivity contribution in [1.29, 1.82) is 0 Å². The third kappa shape index (κ3) is 8.80. The van der Waals surface area contributed by atoms with Crippen LogP contribution in [0.15, 0.2) is 30.3 Å². The molecule has 2 aromatic rings. The van der Waals surface area contributed by atoms with E-state index in [1.807, 2.05) is 38.4 Å². The number of hydroxylamine groups is 2. The van der Waals surface area contributed by atoms with Crippen LogP contribution in [0.25, 0.3) is 11.1 Å². The predicted octanol–water partition coefficient (Wildman–Crippen LogP) is 4.21. The first-order valence-electron chi connectivity index (χ1n) is 18.4. The molecular formula is C39H58N4O8. The van der Waals surface area contributed by atoms with Crippen molar-refractivity contribution in [3.8, 4) is 28.4 Å². The van der Waals surface area contributed by atoms with Gasteiger partial charge in [-0.15, -0.1) is 0 Å². The molecule has 51 heavy (non-hydrogen) atoms. The molecule has 8 atom stereocenters. The van der Waals surface area contributed by atoms with E-state index in [0.29, 0.717) is 58.2 Å². The number of nitrogens with one attached hydrogen (secondary N) is 2. The van der Waals surface area contributed by atoms with E-state index in [2.05, 4.69) is 43.2 Å². The van der Waals surface area contributed by atoms with Gasteiger partial charge >= 0.3 is 0 Å². The maximum atomic E-state index is 14.1. The Labute approximate surface area is 302 Å². The summed E-state index contributed by atoms with van der Waals surface area (Å²) in [6, 6.07) is 8.44. The monoisotopic (exact) mass is 710 g/mol. The Morgan fingerprint density at radius 3 is 2.55 bits per heavy atom. The van der Waals surface area contributed by atoms with E-state index in [1.165, 1.54) is 0 Å². The molecule has 2 aromatic carbocycles. The smallest absolute Gasteiger partial charge is 0.255 e. The second-order valence-electron chi connectivity index (χ2n) is 15.4. The van der Waals surface area contributed by atoms with Crippen molar-refractivity contribution in [2.45, 2.75) is 97.2 Å². The molecule has 2 fully saturated rings. The predicted molar refractivity (Wildman–Crippen MR) is 194 cm³/mol. The van der Waals surface area contributed by atoms with E-state index >= 15 is 0 Å². The van der Waals surface area contributed by atoms with E-state index in [4.69, 9.17) is 19.0 Å². The van der Waals surface area contributed by atoms with E-state index in [9.17, 15) is 19.8 Å². The maximum absolute atomic E-state index is 14.1. The van der Waals surface area contributed by atoms with Crippen LogP contribution in [-0.2, 0) is 16.2 Å². The molecule has 1 saturated carbocycles. The van der Waals surface area contributed by atoms with Gasteiger partial charge in [-0.05, 0) is 69.3 Å². The zero-order valence-electron chi connectivity index (χ0n) is 31.5. The Hall–Kier alpha value is -3.42. The quantitative estimate of drug-likeness (QED) is 0.225. The zero-order valence-corrected chi connectivity index (χ0v) is 31.5. The SMILES string of the molecule is COc1c(CN2O[C@@H](CO)[C@@H]([C@H](C)O)[C@H]2C(=O)N[C@H]2CCC[C@@H](C)[C@@H]2C)cccc1-c1cc2c(c(C(=O)N[C@@H](CC(C)C)CN(C)C)c1)OCO2. The lowest BCUT2D eigenvalue weighted by atomic mass is 9.77. The molecule has 2 aliphatic heterocycles. The van der Waals surface area contributed by atoms with E-state index in [-0.39, 0.29) is 43.8 Å². The van der Waals surface area contributed by atoms with Crippen LogP contribution in [0.3, 0.4) is 0 Å². The highest BCUT2D eigenvalue weighted by molar-refractivity contribution is 6.00. The van der Waals surface area contributed by atoms with Crippen molar-refractivity contribution in [3.63, 3.8) is 0 Å². The first-order chi connectivity index (χ1) is 24.3. The molecular weight excluding hydrogens is 652 g/mol. The van der Waals surface area contributed by atoms with Crippen LogP contribution in [0.4, 0.5) is 0 Å². The Balaban J connectivity index is 1.46. The fourth-order valence-electron chi connectivity index (χ4n) is 8.06. The van der Waals surface area contributed by atoms with E-state index < -0.39 is 24.2 Å². The summed E-state index contributed by atoms with van der Waals surface area (Å²) in [6.45, 7) is 10.8. The number of ether oxygens (including phenoxy) is 3. The van der Waals surface area contributed by atoms with Crippen LogP contribution in [-0.4, -0.2) is 103 Å². The highest BCUT2D eigenvalue weighted by atomic mass is 16.7. The van der Waals surface area contributed by atoms with Crippen molar-refractivity contribution in [2.24, 2.45) is 23.7 Å². The lowest BCUT2D eigenvalue weighted by molar-refractivity contribution is -0.182. The maximum Gasteiger partial charge on any atom is 0.255 e. The largest absolute Gasteiger partial charge is 0.496 e. The Morgan fingerprint density at radius 1 is 1.12 bits per heavy atom. The number of likely N-dealkylation sites (N-methyl/N-ethyl adjacent to an activating group) is 1. The lowest BCUT2D eigenvalue weighted by Gasteiger charge is -2.36. The fraction of sp³-hybridized carbons (Fsp3) is 0.641. The second kappa shape index (κ2) is 16.9. The van der Waals surface area contributed by atoms with Crippen molar-refractivity contribution in [1.82, 2.24) is 20.6 Å². The number of aliphatic hydroxyl groups is 2. The molecule has 5 rings (SSSR count). The van der Waals surface area contributed by atoms with Crippen molar-refractivity contribution >= 4 is 11.8 Å². The number of nitrogens with zero attached hydrogens (tertiary/aromatic N) is 2. The number of benzene rings is 2. The Bertz CT molecular complexity index is 1510.